The van der Waals surface area contributed by atoms with Crippen LogP contribution >= 0.6 is 0 Å². The number of unbranched alkanes of at least 4 members (excludes halogenated alkanes) is 2. The molecule has 0 radical (unpaired) electrons. The number of aliphatic hydroxyl groups is 1. The van der Waals surface area contributed by atoms with E-state index < -0.39 is 6.10 Å². The number of carbonyl (C=O) groups is 1. The third kappa shape index (κ3) is 12.2. The SMILES string of the molecule is C=C(C)C(O)CCCCC(=O)NCCCCNC(C)C. The standard InChI is InChI=1S/C16H32N2O2/c1-13(2)15(19)9-5-6-10-16(20)18-12-8-7-11-17-14(3)4/h14-15,17,19H,1,5-12H2,2-4H3,(H,18,20). The van der Waals surface area contributed by atoms with E-state index in [9.17, 15) is 9.90 Å². The Kier molecular flexibility index (Phi) is 11.4. The van der Waals surface area contributed by atoms with E-state index in [1.54, 1.807) is 0 Å². The van der Waals surface area contributed by atoms with Crippen LogP contribution in [0.3, 0.4) is 0 Å². The van der Waals surface area contributed by atoms with Crippen molar-refractivity contribution in [2.45, 2.75) is 71.4 Å². The van der Waals surface area contributed by atoms with Crippen molar-refractivity contribution in [1.29, 1.82) is 0 Å². The van der Waals surface area contributed by atoms with Gasteiger partial charge in [-0.15, -0.1) is 0 Å². The maximum absolute atomic E-state index is 11.6. The first-order chi connectivity index (χ1) is 9.43. The Bertz CT molecular complexity index is 278. The van der Waals surface area contributed by atoms with Gasteiger partial charge >= 0.3 is 0 Å². The van der Waals surface area contributed by atoms with Crippen LogP contribution in [0.15, 0.2) is 12.2 Å². The fourth-order valence-corrected chi connectivity index (χ4v) is 1.83. The molecule has 0 aromatic rings. The summed E-state index contributed by atoms with van der Waals surface area (Å²) in [6.45, 7) is 11.6. The van der Waals surface area contributed by atoms with Gasteiger partial charge in [0.25, 0.3) is 0 Å². The summed E-state index contributed by atoms with van der Waals surface area (Å²) in [7, 11) is 0. The molecule has 0 rings (SSSR count). The van der Waals surface area contributed by atoms with Gasteiger partial charge in [-0.05, 0) is 39.2 Å². The fourth-order valence-electron chi connectivity index (χ4n) is 1.83. The highest BCUT2D eigenvalue weighted by molar-refractivity contribution is 5.75. The highest BCUT2D eigenvalue weighted by Crippen LogP contribution is 2.09. The molecular weight excluding hydrogens is 252 g/mol. The first-order valence-electron chi connectivity index (χ1n) is 7.77. The number of aliphatic hydroxyl groups excluding tert-OH is 1. The summed E-state index contributed by atoms with van der Waals surface area (Å²) in [6, 6.07) is 0.527. The Morgan fingerprint density at radius 2 is 1.80 bits per heavy atom. The number of carbonyl (C=O) groups excluding carboxylic acids is 1. The number of rotatable bonds is 12. The summed E-state index contributed by atoms with van der Waals surface area (Å²) in [6.07, 6.45) is 4.61. The maximum atomic E-state index is 11.6. The second-order valence-corrected chi connectivity index (χ2v) is 5.77. The molecule has 0 spiro atoms. The molecular formula is C16H32N2O2. The lowest BCUT2D eigenvalue weighted by Gasteiger charge is -2.10. The Balaban J connectivity index is 3.35. The van der Waals surface area contributed by atoms with Crippen LogP contribution in [-0.4, -0.2) is 36.2 Å². The molecule has 0 aliphatic heterocycles. The molecule has 0 heterocycles. The summed E-state index contributed by atoms with van der Waals surface area (Å²) in [4.78, 5) is 11.6. The molecule has 0 aliphatic rings. The van der Waals surface area contributed by atoms with E-state index in [2.05, 4.69) is 31.1 Å². The molecule has 0 aromatic carbocycles. The third-order valence-electron chi connectivity index (χ3n) is 3.18. The molecule has 1 unspecified atom stereocenters. The van der Waals surface area contributed by atoms with Gasteiger partial charge in [0.05, 0.1) is 6.10 Å². The van der Waals surface area contributed by atoms with Gasteiger partial charge in [0.1, 0.15) is 0 Å². The van der Waals surface area contributed by atoms with Crippen molar-refractivity contribution in [2.75, 3.05) is 13.1 Å². The molecule has 0 fully saturated rings. The number of hydrogen-bond donors (Lipinski definition) is 3. The molecule has 4 nitrogen and oxygen atoms in total. The van der Waals surface area contributed by atoms with Crippen LogP contribution in [0.1, 0.15) is 59.3 Å². The monoisotopic (exact) mass is 284 g/mol. The molecule has 0 aromatic heterocycles. The molecule has 1 atom stereocenters. The minimum absolute atomic E-state index is 0.117. The van der Waals surface area contributed by atoms with E-state index in [0.717, 1.165) is 44.3 Å². The van der Waals surface area contributed by atoms with Gasteiger partial charge in [0.2, 0.25) is 5.91 Å². The second-order valence-electron chi connectivity index (χ2n) is 5.77. The summed E-state index contributed by atoms with van der Waals surface area (Å²) in [5.74, 6) is 0.117. The van der Waals surface area contributed by atoms with Crippen molar-refractivity contribution in [1.82, 2.24) is 10.6 Å². The van der Waals surface area contributed by atoms with Crippen molar-refractivity contribution >= 4 is 5.91 Å². The van der Waals surface area contributed by atoms with Crippen molar-refractivity contribution < 1.29 is 9.90 Å². The molecule has 118 valence electrons. The van der Waals surface area contributed by atoms with E-state index in [1.165, 1.54) is 0 Å². The quantitative estimate of drug-likeness (QED) is 0.381. The Hall–Kier alpha value is -0.870. The van der Waals surface area contributed by atoms with Crippen LogP contribution in [0.5, 0.6) is 0 Å². The lowest BCUT2D eigenvalue weighted by molar-refractivity contribution is -0.121. The third-order valence-corrected chi connectivity index (χ3v) is 3.18. The van der Waals surface area contributed by atoms with E-state index in [0.29, 0.717) is 18.9 Å². The van der Waals surface area contributed by atoms with Crippen molar-refractivity contribution in [3.8, 4) is 0 Å². The van der Waals surface area contributed by atoms with E-state index in [4.69, 9.17) is 0 Å². The highest BCUT2D eigenvalue weighted by Gasteiger charge is 2.05. The molecule has 0 saturated heterocycles. The number of hydrogen-bond acceptors (Lipinski definition) is 3. The molecule has 0 aliphatic carbocycles. The van der Waals surface area contributed by atoms with Crippen LogP contribution in [-0.2, 0) is 4.79 Å². The predicted octanol–water partition coefficient (Wildman–Crippen LogP) is 2.38. The minimum atomic E-state index is -0.425. The molecule has 1 amide bonds. The van der Waals surface area contributed by atoms with E-state index in [-0.39, 0.29) is 5.91 Å². The van der Waals surface area contributed by atoms with Crippen LogP contribution in [0.25, 0.3) is 0 Å². The van der Waals surface area contributed by atoms with Crippen molar-refractivity contribution in [3.63, 3.8) is 0 Å². The Morgan fingerprint density at radius 3 is 2.40 bits per heavy atom. The van der Waals surface area contributed by atoms with Gasteiger partial charge in [-0.2, -0.15) is 0 Å². The summed E-state index contributed by atoms with van der Waals surface area (Å²) < 4.78 is 0. The Labute approximate surface area is 124 Å². The van der Waals surface area contributed by atoms with Crippen LogP contribution in [0, 0.1) is 0 Å². The molecule has 0 saturated carbocycles. The number of amides is 1. The van der Waals surface area contributed by atoms with Crippen molar-refractivity contribution in [3.05, 3.63) is 12.2 Å². The summed E-state index contributed by atoms with van der Waals surface area (Å²) in [5.41, 5.74) is 0.796. The van der Waals surface area contributed by atoms with Crippen LogP contribution in [0.4, 0.5) is 0 Å². The highest BCUT2D eigenvalue weighted by atomic mass is 16.3. The summed E-state index contributed by atoms with van der Waals surface area (Å²) >= 11 is 0. The molecule has 3 N–H and O–H groups in total. The lowest BCUT2D eigenvalue weighted by atomic mass is 10.1. The largest absolute Gasteiger partial charge is 0.389 e. The normalized spacial score (nSPS) is 12.4. The van der Waals surface area contributed by atoms with Crippen molar-refractivity contribution in [2.24, 2.45) is 0 Å². The zero-order chi connectivity index (χ0) is 15.4. The average Bonchev–Trinajstić information content (AvgIpc) is 2.37. The van der Waals surface area contributed by atoms with Gasteiger partial charge < -0.3 is 15.7 Å². The minimum Gasteiger partial charge on any atom is -0.389 e. The average molecular weight is 284 g/mol. The van der Waals surface area contributed by atoms with Gasteiger partial charge in [0, 0.05) is 19.0 Å². The topological polar surface area (TPSA) is 61.4 Å². The Morgan fingerprint density at radius 1 is 1.15 bits per heavy atom. The van der Waals surface area contributed by atoms with Gasteiger partial charge in [-0.3, -0.25) is 4.79 Å². The molecule has 4 heteroatoms. The zero-order valence-electron chi connectivity index (χ0n) is 13.4. The smallest absolute Gasteiger partial charge is 0.219 e. The van der Waals surface area contributed by atoms with Crippen LogP contribution in [0.2, 0.25) is 0 Å². The first-order valence-corrected chi connectivity index (χ1v) is 7.77. The maximum Gasteiger partial charge on any atom is 0.219 e. The summed E-state index contributed by atoms with van der Waals surface area (Å²) in [5, 5.41) is 15.8. The van der Waals surface area contributed by atoms with Gasteiger partial charge in [-0.25, -0.2) is 0 Å². The molecule has 0 bridgehead atoms. The first kappa shape index (κ1) is 19.1. The fraction of sp³-hybridized carbons (Fsp3) is 0.812. The lowest BCUT2D eigenvalue weighted by Crippen LogP contribution is -2.27. The second kappa shape index (κ2) is 11.9. The zero-order valence-corrected chi connectivity index (χ0v) is 13.4. The molecule has 20 heavy (non-hydrogen) atoms. The van der Waals surface area contributed by atoms with Gasteiger partial charge in [-0.1, -0.05) is 32.4 Å². The van der Waals surface area contributed by atoms with Gasteiger partial charge in [0.15, 0.2) is 0 Å². The number of nitrogens with one attached hydrogen (secondary N) is 2. The van der Waals surface area contributed by atoms with E-state index >= 15 is 0 Å². The van der Waals surface area contributed by atoms with Crippen LogP contribution < -0.4 is 10.6 Å². The predicted molar refractivity (Wildman–Crippen MR) is 84.7 cm³/mol. The van der Waals surface area contributed by atoms with E-state index in [1.807, 2.05) is 6.92 Å².